The summed E-state index contributed by atoms with van der Waals surface area (Å²) in [5.74, 6) is 0.766. The Labute approximate surface area is 117 Å². The van der Waals surface area contributed by atoms with Gasteiger partial charge >= 0.3 is 6.03 Å². The fraction of sp³-hybridized carbons (Fsp3) is 0.929. The summed E-state index contributed by atoms with van der Waals surface area (Å²) in [6.07, 6.45) is 2.57. The van der Waals surface area contributed by atoms with E-state index in [1.165, 1.54) is 17.7 Å². The predicted octanol–water partition coefficient (Wildman–Crippen LogP) is 1.13. The summed E-state index contributed by atoms with van der Waals surface area (Å²) in [5, 5.41) is 12.6. The molecule has 1 saturated heterocycles. The number of likely N-dealkylation sites (tertiary alicyclic amines) is 1. The molecule has 2 N–H and O–H groups in total. The summed E-state index contributed by atoms with van der Waals surface area (Å²) in [7, 11) is 1.70. The van der Waals surface area contributed by atoms with E-state index in [1.807, 2.05) is 0 Å². The molecule has 5 nitrogen and oxygen atoms in total. The Balaban J connectivity index is 2.19. The highest BCUT2D eigenvalue weighted by Crippen LogP contribution is 2.14. The second-order valence-electron chi connectivity index (χ2n) is 6.45. The first-order chi connectivity index (χ1) is 8.78. The molecule has 2 amide bonds. The lowest BCUT2D eigenvalue weighted by atomic mass is 10.0. The van der Waals surface area contributed by atoms with Crippen molar-refractivity contribution in [2.75, 3.05) is 39.8 Å². The summed E-state index contributed by atoms with van der Waals surface area (Å²) >= 11 is 0. The second kappa shape index (κ2) is 7.10. The summed E-state index contributed by atoms with van der Waals surface area (Å²) in [6, 6.07) is -0.118. The number of rotatable bonds is 5. The number of amides is 2. The van der Waals surface area contributed by atoms with Gasteiger partial charge in [0.25, 0.3) is 0 Å². The Hall–Kier alpha value is -0.810. The standard InChI is InChI=1S/C14H29N3O2/c1-12-6-5-8-17(10-12)9-7-15-13(18)16(4)11-14(2,3)19/h12,19H,5-11H2,1-4H3,(H,15,18). The zero-order valence-corrected chi connectivity index (χ0v) is 12.8. The van der Waals surface area contributed by atoms with Crippen molar-refractivity contribution in [3.05, 3.63) is 0 Å². The first-order valence-electron chi connectivity index (χ1n) is 7.21. The Bertz CT molecular complexity index is 289. The molecule has 0 aromatic heterocycles. The molecule has 1 rings (SSSR count). The third-order valence-electron chi connectivity index (χ3n) is 3.42. The molecule has 0 aliphatic carbocycles. The van der Waals surface area contributed by atoms with Gasteiger partial charge in [-0.1, -0.05) is 6.92 Å². The zero-order valence-electron chi connectivity index (χ0n) is 12.8. The van der Waals surface area contributed by atoms with Crippen LogP contribution in [0.15, 0.2) is 0 Å². The van der Waals surface area contributed by atoms with E-state index in [4.69, 9.17) is 0 Å². The van der Waals surface area contributed by atoms with Crippen LogP contribution in [-0.2, 0) is 0 Å². The molecule has 5 heteroatoms. The average molecular weight is 271 g/mol. The molecule has 0 spiro atoms. The van der Waals surface area contributed by atoms with Crippen LogP contribution in [0.1, 0.15) is 33.6 Å². The van der Waals surface area contributed by atoms with Crippen molar-refractivity contribution < 1.29 is 9.90 Å². The Kier molecular flexibility index (Phi) is 6.07. The number of likely N-dealkylation sites (N-methyl/N-ethyl adjacent to an activating group) is 1. The van der Waals surface area contributed by atoms with E-state index in [2.05, 4.69) is 17.1 Å². The summed E-state index contributed by atoms with van der Waals surface area (Å²) in [6.45, 7) is 9.86. The fourth-order valence-corrected chi connectivity index (χ4v) is 2.60. The van der Waals surface area contributed by atoms with Crippen molar-refractivity contribution in [3.8, 4) is 0 Å². The van der Waals surface area contributed by atoms with E-state index in [0.29, 0.717) is 13.1 Å². The highest BCUT2D eigenvalue weighted by Gasteiger charge is 2.20. The number of hydrogen-bond donors (Lipinski definition) is 2. The van der Waals surface area contributed by atoms with Gasteiger partial charge in [0, 0.05) is 26.7 Å². The predicted molar refractivity (Wildman–Crippen MR) is 77.2 cm³/mol. The van der Waals surface area contributed by atoms with Gasteiger partial charge in [-0.25, -0.2) is 4.79 Å². The normalized spacial score (nSPS) is 21.2. The number of carbonyl (C=O) groups excluding carboxylic acids is 1. The maximum absolute atomic E-state index is 11.8. The van der Waals surface area contributed by atoms with Crippen molar-refractivity contribution in [1.82, 2.24) is 15.1 Å². The molecule has 1 heterocycles. The number of nitrogens with one attached hydrogen (secondary N) is 1. The molecule has 0 radical (unpaired) electrons. The largest absolute Gasteiger partial charge is 0.389 e. The third kappa shape index (κ3) is 6.78. The number of carbonyl (C=O) groups is 1. The van der Waals surface area contributed by atoms with Gasteiger partial charge < -0.3 is 20.2 Å². The number of aliphatic hydroxyl groups is 1. The van der Waals surface area contributed by atoms with Crippen molar-refractivity contribution in [1.29, 1.82) is 0 Å². The minimum Gasteiger partial charge on any atom is -0.389 e. The van der Waals surface area contributed by atoms with Gasteiger partial charge in [-0.15, -0.1) is 0 Å². The van der Waals surface area contributed by atoms with Crippen LogP contribution in [0.25, 0.3) is 0 Å². The molecule has 0 aromatic carbocycles. The first kappa shape index (κ1) is 16.2. The second-order valence-corrected chi connectivity index (χ2v) is 6.45. The molecule has 0 aromatic rings. The van der Waals surface area contributed by atoms with Crippen LogP contribution in [0.4, 0.5) is 4.79 Å². The highest BCUT2D eigenvalue weighted by atomic mass is 16.3. The van der Waals surface area contributed by atoms with E-state index in [0.717, 1.165) is 25.6 Å². The molecule has 1 aliphatic heterocycles. The Morgan fingerprint density at radius 1 is 1.53 bits per heavy atom. The van der Waals surface area contributed by atoms with Crippen LogP contribution >= 0.6 is 0 Å². The van der Waals surface area contributed by atoms with E-state index in [9.17, 15) is 9.90 Å². The molecule has 19 heavy (non-hydrogen) atoms. The van der Waals surface area contributed by atoms with Crippen LogP contribution in [0.2, 0.25) is 0 Å². The molecule has 0 bridgehead atoms. The smallest absolute Gasteiger partial charge is 0.317 e. The van der Waals surface area contributed by atoms with Crippen LogP contribution in [0, 0.1) is 5.92 Å². The summed E-state index contributed by atoms with van der Waals surface area (Å²) in [5.41, 5.74) is -0.853. The Morgan fingerprint density at radius 3 is 2.79 bits per heavy atom. The van der Waals surface area contributed by atoms with Crippen LogP contribution in [-0.4, -0.2) is 66.3 Å². The maximum Gasteiger partial charge on any atom is 0.317 e. The lowest BCUT2D eigenvalue weighted by molar-refractivity contribution is 0.0530. The SMILES string of the molecule is CC1CCCN(CCNC(=O)N(C)CC(C)(C)O)C1. The molecule has 0 saturated carbocycles. The summed E-state index contributed by atoms with van der Waals surface area (Å²) in [4.78, 5) is 15.7. The van der Waals surface area contributed by atoms with Gasteiger partial charge in [0.15, 0.2) is 0 Å². The molecule has 1 unspecified atom stereocenters. The molecule has 1 fully saturated rings. The minimum atomic E-state index is -0.853. The first-order valence-corrected chi connectivity index (χ1v) is 7.21. The monoisotopic (exact) mass is 271 g/mol. The third-order valence-corrected chi connectivity index (χ3v) is 3.42. The van der Waals surface area contributed by atoms with Crippen molar-refractivity contribution in [2.24, 2.45) is 5.92 Å². The van der Waals surface area contributed by atoms with E-state index >= 15 is 0 Å². The van der Waals surface area contributed by atoms with Gasteiger partial charge in [-0.05, 0) is 39.2 Å². The highest BCUT2D eigenvalue weighted by molar-refractivity contribution is 5.73. The Morgan fingerprint density at radius 2 is 2.21 bits per heavy atom. The van der Waals surface area contributed by atoms with Gasteiger partial charge in [-0.3, -0.25) is 0 Å². The number of urea groups is 1. The van der Waals surface area contributed by atoms with Gasteiger partial charge in [0.1, 0.15) is 0 Å². The quantitative estimate of drug-likeness (QED) is 0.788. The topological polar surface area (TPSA) is 55.8 Å². The minimum absolute atomic E-state index is 0.118. The van der Waals surface area contributed by atoms with E-state index < -0.39 is 5.60 Å². The molecule has 1 aliphatic rings. The average Bonchev–Trinajstić information content (AvgIpc) is 2.26. The van der Waals surface area contributed by atoms with Crippen molar-refractivity contribution in [3.63, 3.8) is 0 Å². The molecular weight excluding hydrogens is 242 g/mol. The van der Waals surface area contributed by atoms with Crippen LogP contribution in [0.5, 0.6) is 0 Å². The molecule has 1 atom stereocenters. The zero-order chi connectivity index (χ0) is 14.5. The number of piperidine rings is 1. The van der Waals surface area contributed by atoms with Crippen molar-refractivity contribution in [2.45, 2.75) is 39.2 Å². The summed E-state index contributed by atoms with van der Waals surface area (Å²) < 4.78 is 0. The van der Waals surface area contributed by atoms with E-state index in [1.54, 1.807) is 20.9 Å². The number of nitrogens with zero attached hydrogens (tertiary/aromatic N) is 2. The molecular formula is C14H29N3O2. The maximum atomic E-state index is 11.8. The van der Waals surface area contributed by atoms with Gasteiger partial charge in [0.2, 0.25) is 0 Å². The van der Waals surface area contributed by atoms with Gasteiger partial charge in [0.05, 0.1) is 12.1 Å². The number of hydrogen-bond acceptors (Lipinski definition) is 3. The fourth-order valence-electron chi connectivity index (χ4n) is 2.60. The molecule has 112 valence electrons. The van der Waals surface area contributed by atoms with E-state index in [-0.39, 0.29) is 6.03 Å². The lowest BCUT2D eigenvalue weighted by Gasteiger charge is -2.31. The van der Waals surface area contributed by atoms with Crippen LogP contribution < -0.4 is 5.32 Å². The van der Waals surface area contributed by atoms with Crippen molar-refractivity contribution >= 4 is 6.03 Å². The van der Waals surface area contributed by atoms with Gasteiger partial charge in [-0.2, -0.15) is 0 Å². The van der Waals surface area contributed by atoms with Crippen LogP contribution in [0.3, 0.4) is 0 Å². The lowest BCUT2D eigenvalue weighted by Crippen LogP contribution is -2.47.